The minimum absolute atomic E-state index is 0.904. The normalized spacial score (nSPS) is 10.7. The molecule has 0 amide bonds. The lowest BCUT2D eigenvalue weighted by Gasteiger charge is -2.16. The number of thiol groups is 1. The van der Waals surface area contributed by atoms with Crippen LogP contribution in [0.5, 0.6) is 0 Å². The first-order chi connectivity index (χ1) is 4.35. The standard InChI is InChI=1S/C7H17NS/c1-3-5-8(7-9)6-4-2/h9H,3-7H2,1-2H3. The summed E-state index contributed by atoms with van der Waals surface area (Å²) in [4.78, 5) is 2.35. The lowest BCUT2D eigenvalue weighted by Crippen LogP contribution is -2.23. The van der Waals surface area contributed by atoms with Crippen LogP contribution >= 0.6 is 12.6 Å². The molecule has 0 heterocycles. The summed E-state index contributed by atoms with van der Waals surface area (Å²) in [6.45, 7) is 6.78. The number of hydrogen-bond acceptors (Lipinski definition) is 2. The first-order valence-electron chi connectivity index (χ1n) is 3.68. The number of rotatable bonds is 5. The molecule has 1 nitrogen and oxygen atoms in total. The van der Waals surface area contributed by atoms with Crippen LogP contribution in [-0.4, -0.2) is 23.9 Å². The molecule has 0 aromatic carbocycles. The van der Waals surface area contributed by atoms with Crippen molar-refractivity contribution in [1.82, 2.24) is 4.90 Å². The fourth-order valence-electron chi connectivity index (χ4n) is 0.886. The van der Waals surface area contributed by atoms with Gasteiger partial charge in [-0.3, -0.25) is 4.90 Å². The minimum Gasteiger partial charge on any atom is -0.294 e. The van der Waals surface area contributed by atoms with Gasteiger partial charge >= 0.3 is 0 Å². The molecule has 0 aliphatic rings. The van der Waals surface area contributed by atoms with Gasteiger partial charge in [-0.05, 0) is 25.9 Å². The zero-order chi connectivity index (χ0) is 7.11. The van der Waals surface area contributed by atoms with Crippen molar-refractivity contribution in [1.29, 1.82) is 0 Å². The van der Waals surface area contributed by atoms with Gasteiger partial charge in [0.2, 0.25) is 0 Å². The Bertz CT molecular complexity index is 50.9. The second-order valence-corrected chi connectivity index (χ2v) is 2.54. The molecule has 0 fully saturated rings. The molecule has 0 aromatic heterocycles. The van der Waals surface area contributed by atoms with Crippen LogP contribution in [0.1, 0.15) is 26.7 Å². The van der Waals surface area contributed by atoms with Crippen LogP contribution in [0, 0.1) is 0 Å². The summed E-state index contributed by atoms with van der Waals surface area (Å²) in [7, 11) is 0. The molecule has 0 atom stereocenters. The predicted octanol–water partition coefficient (Wildman–Crippen LogP) is 2.00. The molecule has 0 unspecified atom stereocenters. The van der Waals surface area contributed by atoms with Gasteiger partial charge in [-0.15, -0.1) is 0 Å². The van der Waals surface area contributed by atoms with Crippen molar-refractivity contribution in [3.05, 3.63) is 0 Å². The van der Waals surface area contributed by atoms with Gasteiger partial charge in [0.15, 0.2) is 0 Å². The van der Waals surface area contributed by atoms with Gasteiger partial charge in [0, 0.05) is 5.88 Å². The number of hydrogen-bond donors (Lipinski definition) is 1. The monoisotopic (exact) mass is 147 g/mol. The fraction of sp³-hybridized carbons (Fsp3) is 1.00. The first-order valence-corrected chi connectivity index (χ1v) is 4.31. The van der Waals surface area contributed by atoms with Crippen molar-refractivity contribution in [3.8, 4) is 0 Å². The van der Waals surface area contributed by atoms with Gasteiger partial charge in [-0.1, -0.05) is 13.8 Å². The molecular formula is C7H17NS. The lowest BCUT2D eigenvalue weighted by atomic mass is 10.4. The molecule has 0 aliphatic heterocycles. The smallest absolute Gasteiger partial charge is 0.0414 e. The van der Waals surface area contributed by atoms with Crippen LogP contribution in [0.15, 0.2) is 0 Å². The Morgan fingerprint density at radius 3 is 1.78 bits per heavy atom. The maximum atomic E-state index is 4.21. The Morgan fingerprint density at radius 1 is 1.11 bits per heavy atom. The third-order valence-corrected chi connectivity index (χ3v) is 1.68. The molecule has 0 saturated carbocycles. The summed E-state index contributed by atoms with van der Waals surface area (Å²) in [6.07, 6.45) is 2.47. The fourth-order valence-corrected chi connectivity index (χ4v) is 1.17. The first kappa shape index (κ1) is 9.31. The van der Waals surface area contributed by atoms with Crippen molar-refractivity contribution < 1.29 is 0 Å². The van der Waals surface area contributed by atoms with Gasteiger partial charge < -0.3 is 0 Å². The van der Waals surface area contributed by atoms with Crippen molar-refractivity contribution in [3.63, 3.8) is 0 Å². The third-order valence-electron chi connectivity index (χ3n) is 1.28. The maximum absolute atomic E-state index is 4.21. The maximum Gasteiger partial charge on any atom is 0.0414 e. The van der Waals surface area contributed by atoms with E-state index in [4.69, 9.17) is 0 Å². The average molecular weight is 147 g/mol. The van der Waals surface area contributed by atoms with Gasteiger partial charge in [0.1, 0.15) is 0 Å². The van der Waals surface area contributed by atoms with Crippen molar-refractivity contribution in [2.75, 3.05) is 19.0 Å². The van der Waals surface area contributed by atoms with E-state index in [1.165, 1.54) is 25.9 Å². The van der Waals surface area contributed by atoms with E-state index in [2.05, 4.69) is 31.4 Å². The topological polar surface area (TPSA) is 3.24 Å². The average Bonchev–Trinajstić information content (AvgIpc) is 1.88. The Morgan fingerprint density at radius 2 is 1.56 bits per heavy atom. The zero-order valence-corrected chi connectivity index (χ0v) is 7.32. The van der Waals surface area contributed by atoms with Crippen molar-refractivity contribution >= 4 is 12.6 Å². The van der Waals surface area contributed by atoms with Gasteiger partial charge in [0.05, 0.1) is 0 Å². The Balaban J connectivity index is 3.18. The zero-order valence-electron chi connectivity index (χ0n) is 6.43. The highest BCUT2D eigenvalue weighted by Gasteiger charge is 1.96. The van der Waals surface area contributed by atoms with E-state index in [9.17, 15) is 0 Å². The summed E-state index contributed by atoms with van der Waals surface area (Å²) in [5.41, 5.74) is 0. The predicted molar refractivity (Wildman–Crippen MR) is 46.0 cm³/mol. The third kappa shape index (κ3) is 4.79. The molecule has 0 saturated heterocycles. The molecule has 2 heteroatoms. The Labute approximate surface area is 63.8 Å². The van der Waals surface area contributed by atoms with Crippen LogP contribution in [0.25, 0.3) is 0 Å². The summed E-state index contributed by atoms with van der Waals surface area (Å²) in [6, 6.07) is 0. The van der Waals surface area contributed by atoms with Gasteiger partial charge in [0.25, 0.3) is 0 Å². The minimum atomic E-state index is 0.904. The van der Waals surface area contributed by atoms with Crippen LogP contribution in [0.4, 0.5) is 0 Å². The van der Waals surface area contributed by atoms with E-state index in [0.717, 1.165) is 5.88 Å². The summed E-state index contributed by atoms with van der Waals surface area (Å²) >= 11 is 4.21. The van der Waals surface area contributed by atoms with E-state index >= 15 is 0 Å². The van der Waals surface area contributed by atoms with Crippen molar-refractivity contribution in [2.24, 2.45) is 0 Å². The highest BCUT2D eigenvalue weighted by molar-refractivity contribution is 7.80. The SMILES string of the molecule is CCCN(CS)CCC. The summed E-state index contributed by atoms with van der Waals surface area (Å²) in [5, 5.41) is 0. The summed E-state index contributed by atoms with van der Waals surface area (Å²) in [5.74, 6) is 0.904. The molecule has 0 rings (SSSR count). The van der Waals surface area contributed by atoms with E-state index < -0.39 is 0 Å². The highest BCUT2D eigenvalue weighted by Crippen LogP contribution is 1.94. The number of nitrogens with zero attached hydrogens (tertiary/aromatic N) is 1. The molecule has 56 valence electrons. The van der Waals surface area contributed by atoms with Crippen LogP contribution in [0.2, 0.25) is 0 Å². The Kier molecular flexibility index (Phi) is 6.65. The van der Waals surface area contributed by atoms with E-state index in [-0.39, 0.29) is 0 Å². The molecule has 9 heavy (non-hydrogen) atoms. The van der Waals surface area contributed by atoms with Gasteiger partial charge in [-0.2, -0.15) is 12.6 Å². The molecule has 0 N–H and O–H groups in total. The second-order valence-electron chi connectivity index (χ2n) is 2.26. The van der Waals surface area contributed by atoms with Gasteiger partial charge in [-0.25, -0.2) is 0 Å². The van der Waals surface area contributed by atoms with E-state index in [1.807, 2.05) is 0 Å². The van der Waals surface area contributed by atoms with Crippen LogP contribution in [-0.2, 0) is 0 Å². The van der Waals surface area contributed by atoms with Crippen LogP contribution < -0.4 is 0 Å². The summed E-state index contributed by atoms with van der Waals surface area (Å²) < 4.78 is 0. The molecule has 0 aliphatic carbocycles. The molecule has 0 bridgehead atoms. The lowest BCUT2D eigenvalue weighted by molar-refractivity contribution is 0.323. The molecule has 0 spiro atoms. The van der Waals surface area contributed by atoms with E-state index in [1.54, 1.807) is 0 Å². The van der Waals surface area contributed by atoms with Crippen molar-refractivity contribution in [2.45, 2.75) is 26.7 Å². The van der Waals surface area contributed by atoms with Crippen LogP contribution in [0.3, 0.4) is 0 Å². The quantitative estimate of drug-likeness (QED) is 0.460. The molecule has 0 radical (unpaired) electrons. The largest absolute Gasteiger partial charge is 0.294 e. The Hall–Kier alpha value is 0.310. The second kappa shape index (κ2) is 6.43. The molecule has 0 aromatic rings. The van der Waals surface area contributed by atoms with E-state index in [0.29, 0.717) is 0 Å². The molecular weight excluding hydrogens is 130 g/mol. The highest BCUT2D eigenvalue weighted by atomic mass is 32.1.